The number of benzene rings is 1. The highest BCUT2D eigenvalue weighted by Gasteiger charge is 2.34. The summed E-state index contributed by atoms with van der Waals surface area (Å²) in [6, 6.07) is 4.16. The molecule has 0 radical (unpaired) electrons. The molecule has 0 aromatic heterocycles. The molecule has 0 aliphatic carbocycles. The molecule has 1 amide bonds. The average molecular weight is 285 g/mol. The van der Waals surface area contributed by atoms with Crippen LogP contribution in [0.15, 0.2) is 18.2 Å². The lowest BCUT2D eigenvalue weighted by atomic mass is 9.88. The van der Waals surface area contributed by atoms with Crippen molar-refractivity contribution >= 4 is 23.2 Å². The molecule has 1 fully saturated rings. The first-order valence-electron chi connectivity index (χ1n) is 5.72. The zero-order chi connectivity index (χ0) is 14.0. The van der Waals surface area contributed by atoms with Gasteiger partial charge in [0.25, 0.3) is 11.6 Å². The number of nitrogens with zero attached hydrogens (tertiary/aromatic N) is 1. The number of nitro groups is 1. The van der Waals surface area contributed by atoms with Gasteiger partial charge in [0.1, 0.15) is 5.56 Å². The van der Waals surface area contributed by atoms with Gasteiger partial charge in [-0.25, -0.2) is 0 Å². The molecule has 0 bridgehead atoms. The minimum atomic E-state index is -0.616. The number of halogens is 1. The third-order valence-electron chi connectivity index (χ3n) is 2.99. The summed E-state index contributed by atoms with van der Waals surface area (Å²) >= 11 is 5.88. The fourth-order valence-corrected chi connectivity index (χ4v) is 2.08. The van der Waals surface area contributed by atoms with Crippen LogP contribution < -0.4 is 5.32 Å². The van der Waals surface area contributed by atoms with E-state index in [1.165, 1.54) is 18.2 Å². The van der Waals surface area contributed by atoms with Gasteiger partial charge in [0.2, 0.25) is 0 Å². The van der Waals surface area contributed by atoms with Gasteiger partial charge in [0.05, 0.1) is 23.2 Å². The van der Waals surface area contributed by atoms with E-state index in [1.807, 2.05) is 6.92 Å². The van der Waals surface area contributed by atoms with Crippen LogP contribution in [0.5, 0.6) is 0 Å². The van der Waals surface area contributed by atoms with Crippen molar-refractivity contribution in [2.45, 2.75) is 6.92 Å². The Balaban J connectivity index is 2.16. The molecule has 0 spiro atoms. The van der Waals surface area contributed by atoms with Crippen LogP contribution in [-0.2, 0) is 4.74 Å². The highest BCUT2D eigenvalue weighted by molar-refractivity contribution is 6.34. The molecule has 1 saturated heterocycles. The monoisotopic (exact) mass is 284 g/mol. The summed E-state index contributed by atoms with van der Waals surface area (Å²) in [4.78, 5) is 22.3. The van der Waals surface area contributed by atoms with E-state index in [0.29, 0.717) is 19.8 Å². The number of rotatable bonds is 4. The summed E-state index contributed by atoms with van der Waals surface area (Å²) in [6.45, 7) is 3.50. The highest BCUT2D eigenvalue weighted by Crippen LogP contribution is 2.28. The van der Waals surface area contributed by atoms with E-state index >= 15 is 0 Å². The summed E-state index contributed by atoms with van der Waals surface area (Å²) < 4.78 is 5.08. The number of amides is 1. The Morgan fingerprint density at radius 1 is 1.58 bits per heavy atom. The third kappa shape index (κ3) is 2.85. The fourth-order valence-electron chi connectivity index (χ4n) is 1.82. The first kappa shape index (κ1) is 13.8. The molecule has 7 heteroatoms. The van der Waals surface area contributed by atoms with Crippen LogP contribution in [0, 0.1) is 15.5 Å². The molecule has 19 heavy (non-hydrogen) atoms. The predicted molar refractivity (Wildman–Crippen MR) is 69.4 cm³/mol. The van der Waals surface area contributed by atoms with Gasteiger partial charge in [-0.15, -0.1) is 0 Å². The lowest BCUT2D eigenvalue weighted by Crippen LogP contribution is -2.48. The molecule has 1 N–H and O–H groups in total. The molecule has 102 valence electrons. The van der Waals surface area contributed by atoms with Crippen LogP contribution in [0.4, 0.5) is 5.69 Å². The minimum absolute atomic E-state index is 0.0710. The van der Waals surface area contributed by atoms with E-state index in [0.717, 1.165) is 0 Å². The second-order valence-electron chi connectivity index (χ2n) is 4.88. The number of hydrogen-bond acceptors (Lipinski definition) is 4. The molecule has 6 nitrogen and oxygen atoms in total. The van der Waals surface area contributed by atoms with Gasteiger partial charge in [-0.3, -0.25) is 14.9 Å². The van der Waals surface area contributed by atoms with Crippen molar-refractivity contribution in [3.8, 4) is 0 Å². The first-order chi connectivity index (χ1) is 8.93. The maximum Gasteiger partial charge on any atom is 0.283 e. The maximum atomic E-state index is 12.0. The van der Waals surface area contributed by atoms with Crippen LogP contribution in [0.25, 0.3) is 0 Å². The molecular formula is C12H13ClN2O4. The van der Waals surface area contributed by atoms with Crippen LogP contribution in [-0.4, -0.2) is 30.6 Å². The van der Waals surface area contributed by atoms with Gasteiger partial charge in [0, 0.05) is 18.0 Å². The maximum absolute atomic E-state index is 12.0. The topological polar surface area (TPSA) is 81.5 Å². The molecule has 1 aromatic carbocycles. The fraction of sp³-hybridized carbons (Fsp3) is 0.417. The normalized spacial score (nSPS) is 16.5. The molecule has 0 saturated carbocycles. The summed E-state index contributed by atoms with van der Waals surface area (Å²) in [5, 5.41) is 13.6. The van der Waals surface area contributed by atoms with Crippen LogP contribution in [0.3, 0.4) is 0 Å². The van der Waals surface area contributed by atoms with E-state index in [1.54, 1.807) is 0 Å². The van der Waals surface area contributed by atoms with Crippen molar-refractivity contribution in [1.29, 1.82) is 0 Å². The Labute approximate surface area is 114 Å². The van der Waals surface area contributed by atoms with E-state index in [2.05, 4.69) is 5.32 Å². The first-order valence-corrected chi connectivity index (χ1v) is 6.10. The van der Waals surface area contributed by atoms with Crippen molar-refractivity contribution in [2.24, 2.45) is 5.41 Å². The minimum Gasteiger partial charge on any atom is -0.380 e. The molecule has 0 unspecified atom stereocenters. The van der Waals surface area contributed by atoms with Crippen molar-refractivity contribution in [3.63, 3.8) is 0 Å². The molecule has 0 atom stereocenters. The number of carbonyl (C=O) groups is 1. The number of carbonyl (C=O) groups excluding carboxylic acids is 1. The van der Waals surface area contributed by atoms with Crippen molar-refractivity contribution < 1.29 is 14.5 Å². The molecule has 1 aliphatic rings. The van der Waals surface area contributed by atoms with E-state index in [-0.39, 0.29) is 21.7 Å². The summed E-state index contributed by atoms with van der Waals surface area (Å²) in [5.41, 5.74) is -0.496. The van der Waals surface area contributed by atoms with E-state index in [4.69, 9.17) is 16.3 Å². The van der Waals surface area contributed by atoms with Gasteiger partial charge >= 0.3 is 0 Å². The predicted octanol–water partition coefficient (Wildman–Crippen LogP) is 2.01. The summed E-state index contributed by atoms with van der Waals surface area (Å²) in [6.07, 6.45) is 0. The summed E-state index contributed by atoms with van der Waals surface area (Å²) in [5.74, 6) is -0.537. The molecule has 1 heterocycles. The lowest BCUT2D eigenvalue weighted by molar-refractivity contribution is -0.385. The lowest BCUT2D eigenvalue weighted by Gasteiger charge is -2.38. The van der Waals surface area contributed by atoms with Gasteiger partial charge < -0.3 is 10.1 Å². The quantitative estimate of drug-likeness (QED) is 0.677. The number of nitro benzene ring substituents is 1. The Bertz CT molecular complexity index is 528. The number of hydrogen-bond donors (Lipinski definition) is 1. The SMILES string of the molecule is CC1(CNC(=O)c2c(Cl)cccc2[N+](=O)[O-])COC1. The van der Waals surface area contributed by atoms with Crippen LogP contribution >= 0.6 is 11.6 Å². The average Bonchev–Trinajstić information content (AvgIpc) is 2.33. The van der Waals surface area contributed by atoms with Gasteiger partial charge in [-0.05, 0) is 6.07 Å². The molecular weight excluding hydrogens is 272 g/mol. The largest absolute Gasteiger partial charge is 0.380 e. The molecule has 1 aromatic rings. The molecule has 1 aliphatic heterocycles. The van der Waals surface area contributed by atoms with Gasteiger partial charge in [0.15, 0.2) is 0 Å². The Hall–Kier alpha value is -1.66. The standard InChI is InChI=1S/C12H13ClN2O4/c1-12(6-19-7-12)5-14-11(16)10-8(13)3-2-4-9(10)15(17)18/h2-4H,5-7H2,1H3,(H,14,16). The Morgan fingerprint density at radius 2 is 2.26 bits per heavy atom. The van der Waals surface area contributed by atoms with E-state index in [9.17, 15) is 14.9 Å². The second kappa shape index (κ2) is 5.14. The second-order valence-corrected chi connectivity index (χ2v) is 5.28. The molecule has 2 rings (SSSR count). The van der Waals surface area contributed by atoms with E-state index < -0.39 is 10.8 Å². The zero-order valence-corrected chi connectivity index (χ0v) is 11.1. The Morgan fingerprint density at radius 3 is 2.79 bits per heavy atom. The summed E-state index contributed by atoms with van der Waals surface area (Å²) in [7, 11) is 0. The number of nitrogens with one attached hydrogen (secondary N) is 1. The van der Waals surface area contributed by atoms with Gasteiger partial charge in [-0.2, -0.15) is 0 Å². The van der Waals surface area contributed by atoms with Crippen LogP contribution in [0.1, 0.15) is 17.3 Å². The third-order valence-corrected chi connectivity index (χ3v) is 3.31. The van der Waals surface area contributed by atoms with Gasteiger partial charge in [-0.1, -0.05) is 24.6 Å². The Kier molecular flexibility index (Phi) is 3.73. The highest BCUT2D eigenvalue weighted by atomic mass is 35.5. The van der Waals surface area contributed by atoms with Crippen LogP contribution in [0.2, 0.25) is 5.02 Å². The zero-order valence-electron chi connectivity index (χ0n) is 10.3. The van der Waals surface area contributed by atoms with Crippen molar-refractivity contribution in [1.82, 2.24) is 5.32 Å². The number of ether oxygens (including phenoxy) is 1. The van der Waals surface area contributed by atoms with Crippen molar-refractivity contribution in [3.05, 3.63) is 38.9 Å². The van der Waals surface area contributed by atoms with Crippen molar-refractivity contribution in [2.75, 3.05) is 19.8 Å². The smallest absolute Gasteiger partial charge is 0.283 e.